The summed E-state index contributed by atoms with van der Waals surface area (Å²) in [6, 6.07) is 7.24. The van der Waals surface area contributed by atoms with E-state index in [-0.39, 0.29) is 11.7 Å². The lowest BCUT2D eigenvalue weighted by Gasteiger charge is -2.01. The van der Waals surface area contributed by atoms with E-state index in [1.807, 2.05) is 24.5 Å². The standard InChI is InChI=1S/C13H11N3O2S2/c1-7-5-10(18-16-7)12(17)14-8-3-4-9-11(6-8)20-13(15-9)19-2/h3-6H,1-2H3,(H,14,17). The van der Waals surface area contributed by atoms with Crippen LogP contribution in [0.25, 0.3) is 10.2 Å². The third kappa shape index (κ3) is 2.54. The minimum absolute atomic E-state index is 0.205. The summed E-state index contributed by atoms with van der Waals surface area (Å²) in [6.45, 7) is 1.77. The van der Waals surface area contributed by atoms with E-state index in [0.29, 0.717) is 11.4 Å². The molecule has 1 N–H and O–H groups in total. The molecule has 2 heterocycles. The molecule has 0 atom stereocenters. The smallest absolute Gasteiger partial charge is 0.294 e. The summed E-state index contributed by atoms with van der Waals surface area (Å²) >= 11 is 3.21. The molecule has 2 aromatic heterocycles. The van der Waals surface area contributed by atoms with Crippen molar-refractivity contribution in [3.05, 3.63) is 35.7 Å². The quantitative estimate of drug-likeness (QED) is 0.749. The van der Waals surface area contributed by atoms with Crippen LogP contribution in [0.1, 0.15) is 16.2 Å². The van der Waals surface area contributed by atoms with Gasteiger partial charge in [-0.15, -0.1) is 11.3 Å². The van der Waals surface area contributed by atoms with Crippen molar-refractivity contribution in [1.82, 2.24) is 10.1 Å². The Hall–Kier alpha value is -1.86. The topological polar surface area (TPSA) is 68.0 Å². The molecule has 0 aliphatic heterocycles. The molecule has 0 saturated carbocycles. The van der Waals surface area contributed by atoms with Crippen LogP contribution in [0.15, 0.2) is 33.1 Å². The zero-order chi connectivity index (χ0) is 14.1. The van der Waals surface area contributed by atoms with Crippen molar-refractivity contribution < 1.29 is 9.32 Å². The van der Waals surface area contributed by atoms with Gasteiger partial charge in [-0.25, -0.2) is 4.98 Å². The Balaban J connectivity index is 1.85. The van der Waals surface area contributed by atoms with Crippen LogP contribution < -0.4 is 5.32 Å². The number of hydrogen-bond acceptors (Lipinski definition) is 6. The summed E-state index contributed by atoms with van der Waals surface area (Å²) in [6.07, 6.45) is 1.99. The molecule has 102 valence electrons. The number of thiazole rings is 1. The lowest BCUT2D eigenvalue weighted by Crippen LogP contribution is -2.10. The van der Waals surface area contributed by atoms with Crippen LogP contribution in [0.3, 0.4) is 0 Å². The Morgan fingerprint density at radius 1 is 1.40 bits per heavy atom. The molecule has 0 unspecified atom stereocenters. The summed E-state index contributed by atoms with van der Waals surface area (Å²) in [5.74, 6) is -0.101. The van der Waals surface area contributed by atoms with Gasteiger partial charge in [0.25, 0.3) is 5.91 Å². The average molecular weight is 305 g/mol. The number of carbonyl (C=O) groups is 1. The summed E-state index contributed by atoms with van der Waals surface area (Å²) in [7, 11) is 0. The van der Waals surface area contributed by atoms with Crippen molar-refractivity contribution in [3.63, 3.8) is 0 Å². The first kappa shape index (κ1) is 13.1. The third-order valence-electron chi connectivity index (χ3n) is 2.65. The van der Waals surface area contributed by atoms with E-state index < -0.39 is 0 Å². The maximum Gasteiger partial charge on any atom is 0.294 e. The van der Waals surface area contributed by atoms with Crippen molar-refractivity contribution in [2.75, 3.05) is 11.6 Å². The molecule has 0 aliphatic rings. The molecule has 5 nitrogen and oxygen atoms in total. The Kier molecular flexibility index (Phi) is 3.45. The first-order valence-corrected chi connectivity index (χ1v) is 7.89. The fourth-order valence-electron chi connectivity index (χ4n) is 1.73. The molecule has 0 spiro atoms. The summed E-state index contributed by atoms with van der Waals surface area (Å²) in [5, 5.41) is 6.49. The van der Waals surface area contributed by atoms with Crippen molar-refractivity contribution in [2.45, 2.75) is 11.3 Å². The van der Waals surface area contributed by atoms with Gasteiger partial charge in [-0.1, -0.05) is 16.9 Å². The zero-order valence-electron chi connectivity index (χ0n) is 10.8. The Bertz CT molecular complexity index is 779. The Labute approximate surface area is 123 Å². The highest BCUT2D eigenvalue weighted by Crippen LogP contribution is 2.30. The SMILES string of the molecule is CSc1nc2ccc(NC(=O)c3cc(C)no3)cc2s1. The number of amides is 1. The number of anilines is 1. The highest BCUT2D eigenvalue weighted by molar-refractivity contribution is 8.00. The van der Waals surface area contributed by atoms with Crippen LogP contribution >= 0.6 is 23.1 Å². The van der Waals surface area contributed by atoms with Gasteiger partial charge in [0.2, 0.25) is 5.76 Å². The first-order chi connectivity index (χ1) is 9.65. The molecule has 20 heavy (non-hydrogen) atoms. The number of thioether (sulfide) groups is 1. The molecule has 0 aliphatic carbocycles. The maximum atomic E-state index is 12.0. The maximum absolute atomic E-state index is 12.0. The van der Waals surface area contributed by atoms with Gasteiger partial charge in [-0.05, 0) is 31.4 Å². The highest BCUT2D eigenvalue weighted by Gasteiger charge is 2.12. The van der Waals surface area contributed by atoms with E-state index in [4.69, 9.17) is 4.52 Å². The fourth-order valence-corrected chi connectivity index (χ4v) is 3.26. The van der Waals surface area contributed by atoms with Gasteiger partial charge >= 0.3 is 0 Å². The number of aryl methyl sites for hydroxylation is 1. The molecule has 3 rings (SSSR count). The van der Waals surface area contributed by atoms with E-state index in [9.17, 15) is 4.79 Å². The van der Waals surface area contributed by atoms with E-state index in [0.717, 1.165) is 14.6 Å². The van der Waals surface area contributed by atoms with Gasteiger partial charge in [0.05, 0.1) is 15.9 Å². The first-order valence-electron chi connectivity index (χ1n) is 5.85. The lowest BCUT2D eigenvalue weighted by atomic mass is 10.3. The second kappa shape index (κ2) is 5.26. The number of benzene rings is 1. The lowest BCUT2D eigenvalue weighted by molar-refractivity contribution is 0.0988. The predicted molar refractivity (Wildman–Crippen MR) is 80.6 cm³/mol. The molecule has 0 saturated heterocycles. The number of carbonyl (C=O) groups excluding carboxylic acids is 1. The van der Waals surface area contributed by atoms with Gasteiger partial charge in [0, 0.05) is 11.8 Å². The van der Waals surface area contributed by atoms with Crippen molar-refractivity contribution >= 4 is 44.9 Å². The fraction of sp³-hybridized carbons (Fsp3) is 0.154. The third-order valence-corrected chi connectivity index (χ3v) is 4.66. The summed E-state index contributed by atoms with van der Waals surface area (Å²) in [5.41, 5.74) is 2.33. The zero-order valence-corrected chi connectivity index (χ0v) is 12.5. The van der Waals surface area contributed by atoms with Crippen molar-refractivity contribution in [3.8, 4) is 0 Å². The molecular weight excluding hydrogens is 294 g/mol. The van der Waals surface area contributed by atoms with Crippen LogP contribution in [0.4, 0.5) is 5.69 Å². The van der Waals surface area contributed by atoms with E-state index in [1.165, 1.54) is 0 Å². The van der Waals surface area contributed by atoms with Crippen LogP contribution in [0.5, 0.6) is 0 Å². The van der Waals surface area contributed by atoms with E-state index in [1.54, 1.807) is 36.1 Å². The molecule has 1 aromatic carbocycles. The Morgan fingerprint density at radius 2 is 2.25 bits per heavy atom. The van der Waals surface area contributed by atoms with Crippen LogP contribution in [-0.4, -0.2) is 22.3 Å². The minimum atomic E-state index is -0.306. The predicted octanol–water partition coefficient (Wildman–Crippen LogP) is 3.57. The van der Waals surface area contributed by atoms with Crippen molar-refractivity contribution in [2.24, 2.45) is 0 Å². The molecule has 0 fully saturated rings. The molecule has 0 bridgehead atoms. The highest BCUT2D eigenvalue weighted by atomic mass is 32.2. The number of aromatic nitrogens is 2. The van der Waals surface area contributed by atoms with Crippen molar-refractivity contribution in [1.29, 1.82) is 0 Å². The molecular formula is C13H11N3O2S2. The normalized spacial score (nSPS) is 10.9. The minimum Gasteiger partial charge on any atom is -0.351 e. The Morgan fingerprint density at radius 3 is 2.95 bits per heavy atom. The number of nitrogens with zero attached hydrogens (tertiary/aromatic N) is 2. The second-order valence-corrected chi connectivity index (χ2v) is 6.24. The number of hydrogen-bond donors (Lipinski definition) is 1. The van der Waals surface area contributed by atoms with E-state index in [2.05, 4.69) is 15.5 Å². The van der Waals surface area contributed by atoms with E-state index >= 15 is 0 Å². The number of nitrogens with one attached hydrogen (secondary N) is 1. The van der Waals surface area contributed by atoms with Crippen LogP contribution in [0, 0.1) is 6.92 Å². The van der Waals surface area contributed by atoms with Gasteiger partial charge in [-0.3, -0.25) is 4.79 Å². The van der Waals surface area contributed by atoms with Crippen LogP contribution in [-0.2, 0) is 0 Å². The second-order valence-electron chi connectivity index (χ2n) is 4.15. The average Bonchev–Trinajstić information content (AvgIpc) is 3.03. The summed E-state index contributed by atoms with van der Waals surface area (Å²) < 4.78 is 6.98. The van der Waals surface area contributed by atoms with Gasteiger partial charge in [0.1, 0.15) is 0 Å². The van der Waals surface area contributed by atoms with Gasteiger partial charge < -0.3 is 9.84 Å². The molecule has 0 radical (unpaired) electrons. The van der Waals surface area contributed by atoms with Gasteiger partial charge in [-0.2, -0.15) is 0 Å². The summed E-state index contributed by atoms with van der Waals surface area (Å²) in [4.78, 5) is 16.4. The molecule has 3 aromatic rings. The molecule has 7 heteroatoms. The number of rotatable bonds is 3. The molecule has 1 amide bonds. The van der Waals surface area contributed by atoms with Crippen LogP contribution in [0.2, 0.25) is 0 Å². The monoisotopic (exact) mass is 305 g/mol. The number of fused-ring (bicyclic) bond motifs is 1. The van der Waals surface area contributed by atoms with Gasteiger partial charge in [0.15, 0.2) is 4.34 Å². The largest absolute Gasteiger partial charge is 0.351 e.